The van der Waals surface area contributed by atoms with Crippen LogP contribution in [0.5, 0.6) is 0 Å². The van der Waals surface area contributed by atoms with E-state index in [0.717, 1.165) is 11.1 Å². The number of rotatable bonds is 12. The van der Waals surface area contributed by atoms with Crippen LogP contribution in [0.2, 0.25) is 0 Å². The molecule has 0 spiro atoms. The van der Waals surface area contributed by atoms with E-state index in [4.69, 9.17) is 12.8 Å². The van der Waals surface area contributed by atoms with Crippen molar-refractivity contribution in [3.8, 4) is 34.1 Å². The first-order valence-corrected chi connectivity index (χ1v) is 31.4. The third-order valence-corrected chi connectivity index (χ3v) is 23.8. The van der Waals surface area contributed by atoms with Gasteiger partial charge in [-0.1, -0.05) is 261 Å². The van der Waals surface area contributed by atoms with E-state index in [9.17, 15) is 0 Å². The second-order valence-corrected chi connectivity index (χ2v) is 28.0. The van der Waals surface area contributed by atoms with Crippen LogP contribution in [0.4, 0.5) is 0 Å². The summed E-state index contributed by atoms with van der Waals surface area (Å²) in [6, 6.07) is 106. The molecular weight excluding hydrogens is 1430 g/mol. The van der Waals surface area contributed by atoms with Gasteiger partial charge >= 0.3 is 44.8 Å². The van der Waals surface area contributed by atoms with Crippen molar-refractivity contribution in [2.45, 2.75) is 29.6 Å². The normalized spacial score (nSPS) is 13.0. The SMILES string of the molecule is C=C/C=C\C=C\[PH+](c1ccccc1)C(C)(C)[PH+](c1ccccc1)c1ccccc1.[Au+].[Au+].[C-]#Cc1ccc2c(c1)-c1ccccc1C2(c1ccccc1)c1ccccc1.[C-]#Cc1ccc2c(c1)C(c1ccccc1)(c1ccccc1)c1ccccc1-2. The summed E-state index contributed by atoms with van der Waals surface area (Å²) in [5, 5.41) is 4.41. The van der Waals surface area contributed by atoms with Crippen molar-refractivity contribution < 1.29 is 44.8 Å². The summed E-state index contributed by atoms with van der Waals surface area (Å²) in [6.07, 6.45) is 23.3. The number of hydrogen-bond donors (Lipinski definition) is 0. The van der Waals surface area contributed by atoms with Crippen LogP contribution in [-0.4, -0.2) is 4.90 Å². The maximum Gasteiger partial charge on any atom is 1.00 e. The van der Waals surface area contributed by atoms with Crippen molar-refractivity contribution in [1.29, 1.82) is 0 Å². The molecule has 0 N–H and O–H groups in total. The third-order valence-electron chi connectivity index (χ3n) is 16.3. The van der Waals surface area contributed by atoms with Gasteiger partial charge in [-0.25, -0.2) is 0 Å². The van der Waals surface area contributed by atoms with E-state index < -0.39 is 15.8 Å². The largest absolute Gasteiger partial charge is 1.00 e. The molecule has 1 atom stereocenters. The molecule has 418 valence electrons. The molecule has 11 aromatic carbocycles. The number of fused-ring (bicyclic) bond motifs is 6. The van der Waals surface area contributed by atoms with Crippen molar-refractivity contribution in [1.82, 2.24) is 0 Å². The fraction of sp³-hybridized carbons (Fsp3) is 0.0617. The van der Waals surface area contributed by atoms with E-state index in [-0.39, 0.29) is 60.5 Å². The Morgan fingerprint density at radius 1 is 0.353 bits per heavy atom. The van der Waals surface area contributed by atoms with Gasteiger partial charge in [-0.3, -0.25) is 11.8 Å². The van der Waals surface area contributed by atoms with Gasteiger partial charge in [0.25, 0.3) is 0 Å². The van der Waals surface area contributed by atoms with Gasteiger partial charge in [0.2, 0.25) is 0 Å². The summed E-state index contributed by atoms with van der Waals surface area (Å²) in [5.74, 6) is 7.57. The zero-order valence-electron chi connectivity index (χ0n) is 47.5. The fourth-order valence-electron chi connectivity index (χ4n) is 12.9. The Kier molecular flexibility index (Phi) is 20.5. The quantitative estimate of drug-likeness (QED) is 0.0376. The van der Waals surface area contributed by atoms with Gasteiger partial charge in [0, 0.05) is 13.8 Å². The zero-order valence-corrected chi connectivity index (χ0v) is 53.8. The Morgan fingerprint density at radius 2 is 0.694 bits per heavy atom. The topological polar surface area (TPSA) is 0 Å². The van der Waals surface area contributed by atoms with Gasteiger partial charge in [-0.05, 0) is 109 Å². The second-order valence-electron chi connectivity index (χ2n) is 21.3. The number of allylic oxidation sites excluding steroid dienone is 4. The molecule has 0 aliphatic heterocycles. The summed E-state index contributed by atoms with van der Waals surface area (Å²) >= 11 is 0. The minimum absolute atomic E-state index is 0. The molecule has 2 aliphatic carbocycles. The Balaban J connectivity index is 0.000000151. The molecule has 0 radical (unpaired) electrons. The molecule has 1 unspecified atom stereocenters. The summed E-state index contributed by atoms with van der Waals surface area (Å²) in [7, 11) is -2.01. The smallest absolute Gasteiger partial charge is 0.366 e. The summed E-state index contributed by atoms with van der Waals surface area (Å²) in [6.45, 7) is 8.74. The maximum absolute atomic E-state index is 7.66. The zero-order chi connectivity index (χ0) is 57.1. The van der Waals surface area contributed by atoms with E-state index in [2.05, 4.69) is 335 Å². The molecule has 85 heavy (non-hydrogen) atoms. The molecule has 0 saturated heterocycles. The van der Waals surface area contributed by atoms with E-state index in [0.29, 0.717) is 0 Å². The van der Waals surface area contributed by atoms with Crippen LogP contribution in [0.15, 0.2) is 334 Å². The predicted molar refractivity (Wildman–Crippen MR) is 357 cm³/mol. The fourth-order valence-corrected chi connectivity index (χ4v) is 20.5. The van der Waals surface area contributed by atoms with Gasteiger partial charge in [0.05, 0.1) is 16.6 Å². The molecule has 0 saturated carbocycles. The maximum atomic E-state index is 7.66. The van der Waals surface area contributed by atoms with E-state index in [1.54, 1.807) is 0 Å². The number of hydrogen-bond acceptors (Lipinski definition) is 0. The summed E-state index contributed by atoms with van der Waals surface area (Å²) < 4.78 is 0. The van der Waals surface area contributed by atoms with Crippen LogP contribution in [0.1, 0.15) is 69.5 Å². The molecule has 4 heteroatoms. The first-order valence-electron chi connectivity index (χ1n) is 28.3. The molecule has 13 rings (SSSR count). The Bertz CT molecular complexity index is 4030. The van der Waals surface area contributed by atoms with Crippen LogP contribution in [0.3, 0.4) is 0 Å². The molecule has 0 amide bonds. The Hall–Kier alpha value is -7.90. The van der Waals surface area contributed by atoms with E-state index in [1.807, 2.05) is 24.3 Å². The Morgan fingerprint density at radius 3 is 1.13 bits per heavy atom. The first kappa shape index (κ1) is 61.7. The average molecular weight is 1490 g/mol. The first-order chi connectivity index (χ1) is 40.8. The molecule has 0 bridgehead atoms. The van der Waals surface area contributed by atoms with Gasteiger partial charge < -0.3 is 12.8 Å². The molecular formula is C81H64Au2P2+2. The van der Waals surface area contributed by atoms with Crippen LogP contribution in [-0.2, 0) is 55.6 Å². The van der Waals surface area contributed by atoms with Gasteiger partial charge in [-0.2, -0.15) is 0 Å². The minimum atomic E-state index is -1.01. The van der Waals surface area contributed by atoms with Crippen molar-refractivity contribution >= 4 is 31.8 Å². The van der Waals surface area contributed by atoms with Crippen LogP contribution >= 0.6 is 15.8 Å². The third kappa shape index (κ3) is 12.1. The molecule has 0 aromatic heterocycles. The minimum Gasteiger partial charge on any atom is -0.366 e. The standard InChI is InChI=1S/C27H28P2.2C27H17.2Au/c1-4-5-6-16-23-28(24-17-10-7-11-18-24)27(2,3)29(25-19-12-8-13-20-25)26-21-14-9-15-22-26;1-2-20-17-18-26-24(19-20)23-15-9-10-16-25(23)27(26,21-11-5-3-6-12-21)22-13-7-4-8-14-22;1-2-20-17-18-24-23-15-9-10-16-25(23)27(26(24)19-20,21-11-5-3-6-12-21)22-13-7-4-8-14-22;;/h4-23H,1H2,2-3H3;2*3-19H;;/q;2*-1;2*+1/p+2/b6-5-,23-16+;;;;. The van der Waals surface area contributed by atoms with Crippen molar-refractivity contribution in [2.75, 3.05) is 0 Å². The number of benzene rings is 11. The van der Waals surface area contributed by atoms with Crippen molar-refractivity contribution in [2.24, 2.45) is 0 Å². The van der Waals surface area contributed by atoms with E-state index in [1.165, 1.54) is 82.7 Å². The molecule has 0 heterocycles. The summed E-state index contributed by atoms with van der Waals surface area (Å²) in [4.78, 5) is 0.151. The van der Waals surface area contributed by atoms with Crippen molar-refractivity contribution in [3.05, 3.63) is 402 Å². The predicted octanol–water partition coefficient (Wildman–Crippen LogP) is 18.4. The van der Waals surface area contributed by atoms with Crippen LogP contribution < -0.4 is 15.9 Å². The molecule has 2 aliphatic rings. The van der Waals surface area contributed by atoms with Crippen LogP contribution in [0.25, 0.3) is 22.3 Å². The monoisotopic (exact) mass is 1490 g/mol. The average Bonchev–Trinajstić information content (AvgIpc) is 1.63. The molecule has 0 nitrogen and oxygen atoms in total. The van der Waals surface area contributed by atoms with Gasteiger partial charge in [0.1, 0.15) is 31.8 Å². The van der Waals surface area contributed by atoms with E-state index >= 15 is 0 Å². The van der Waals surface area contributed by atoms with Gasteiger partial charge in [-0.15, -0.1) is 35.4 Å². The summed E-state index contributed by atoms with van der Waals surface area (Å²) in [5.41, 5.74) is 15.9. The van der Waals surface area contributed by atoms with Crippen molar-refractivity contribution in [3.63, 3.8) is 0 Å². The molecule has 0 fully saturated rings. The second kappa shape index (κ2) is 28.3. The Labute approximate surface area is 538 Å². The van der Waals surface area contributed by atoms with Gasteiger partial charge in [0.15, 0.2) is 4.90 Å². The van der Waals surface area contributed by atoms with Crippen LogP contribution in [0, 0.1) is 24.7 Å². The molecule has 11 aromatic rings.